The highest BCUT2D eigenvalue weighted by molar-refractivity contribution is 6.29. The van der Waals surface area contributed by atoms with E-state index in [1.54, 1.807) is 0 Å². The largest absolute Gasteiger partial charge is 0.364 e. The number of carbonyl (C=O) groups excluding carboxylic acids is 1. The molecule has 1 aromatic rings. The molecule has 2 unspecified atom stereocenters. The number of halogens is 1. The zero-order chi connectivity index (χ0) is 12.3. The Bertz CT molecular complexity index is 415. The maximum Gasteiger partial charge on any atom is 0.255 e. The normalized spacial score (nSPS) is 23.6. The summed E-state index contributed by atoms with van der Waals surface area (Å²) in [6.07, 6.45) is 2.42. The highest BCUT2D eigenvalue weighted by Gasteiger charge is 2.30. The summed E-state index contributed by atoms with van der Waals surface area (Å²) in [5, 5.41) is 2.84. The fourth-order valence-corrected chi connectivity index (χ4v) is 1.80. The Hall–Kier alpha value is -1.24. The lowest BCUT2D eigenvalue weighted by Gasteiger charge is -2.11. The molecule has 92 valence electrons. The minimum Gasteiger partial charge on any atom is -0.364 e. The molecule has 1 fully saturated rings. The van der Waals surface area contributed by atoms with E-state index in [0.717, 1.165) is 6.42 Å². The van der Waals surface area contributed by atoms with E-state index in [-0.39, 0.29) is 23.1 Å². The van der Waals surface area contributed by atoms with E-state index < -0.39 is 6.10 Å². The minimum atomic E-state index is -0.480. The fraction of sp³-hybridized carbons (Fsp3) is 0.500. The molecule has 2 atom stereocenters. The van der Waals surface area contributed by atoms with Crippen LogP contribution in [0.4, 0.5) is 5.95 Å². The SMILES string of the molecule is NCC1CCC(C(=O)Nc2nccc(Cl)n2)O1. The summed E-state index contributed by atoms with van der Waals surface area (Å²) in [6.45, 7) is 0.428. The molecule has 0 aliphatic carbocycles. The molecule has 3 N–H and O–H groups in total. The van der Waals surface area contributed by atoms with E-state index in [9.17, 15) is 4.79 Å². The van der Waals surface area contributed by atoms with Crippen LogP contribution in [0.5, 0.6) is 0 Å². The molecule has 0 aromatic carbocycles. The van der Waals surface area contributed by atoms with E-state index in [1.165, 1.54) is 12.3 Å². The van der Waals surface area contributed by atoms with Gasteiger partial charge in [0.1, 0.15) is 11.3 Å². The van der Waals surface area contributed by atoms with Crippen molar-refractivity contribution in [2.45, 2.75) is 25.0 Å². The van der Waals surface area contributed by atoms with Crippen LogP contribution in [0.2, 0.25) is 5.15 Å². The summed E-state index contributed by atoms with van der Waals surface area (Å²) in [5.41, 5.74) is 5.47. The third-order valence-electron chi connectivity index (χ3n) is 2.52. The van der Waals surface area contributed by atoms with Crippen LogP contribution in [-0.2, 0) is 9.53 Å². The van der Waals surface area contributed by atoms with Gasteiger partial charge in [0, 0.05) is 12.7 Å². The van der Waals surface area contributed by atoms with Crippen molar-refractivity contribution >= 4 is 23.5 Å². The van der Waals surface area contributed by atoms with Gasteiger partial charge in [-0.15, -0.1) is 0 Å². The second-order valence-corrected chi connectivity index (χ2v) is 4.14. The number of nitrogens with one attached hydrogen (secondary N) is 1. The Morgan fingerprint density at radius 1 is 1.65 bits per heavy atom. The number of nitrogens with zero attached hydrogens (tertiary/aromatic N) is 2. The molecule has 17 heavy (non-hydrogen) atoms. The van der Waals surface area contributed by atoms with Crippen molar-refractivity contribution in [2.75, 3.05) is 11.9 Å². The van der Waals surface area contributed by atoms with Crippen LogP contribution < -0.4 is 11.1 Å². The predicted molar refractivity (Wildman–Crippen MR) is 62.6 cm³/mol. The van der Waals surface area contributed by atoms with Crippen molar-refractivity contribution < 1.29 is 9.53 Å². The second-order valence-electron chi connectivity index (χ2n) is 3.75. The lowest BCUT2D eigenvalue weighted by atomic mass is 10.2. The first kappa shape index (κ1) is 12.2. The molecule has 1 aromatic heterocycles. The Labute approximate surface area is 104 Å². The first-order valence-electron chi connectivity index (χ1n) is 5.34. The average Bonchev–Trinajstić information content (AvgIpc) is 2.77. The maximum absolute atomic E-state index is 11.8. The van der Waals surface area contributed by atoms with Gasteiger partial charge in [0.25, 0.3) is 5.91 Å². The van der Waals surface area contributed by atoms with Gasteiger partial charge < -0.3 is 10.5 Å². The number of nitrogens with two attached hydrogens (primary N) is 1. The average molecular weight is 257 g/mol. The topological polar surface area (TPSA) is 90.1 Å². The predicted octanol–water partition coefficient (Wildman–Crippen LogP) is 0.575. The smallest absolute Gasteiger partial charge is 0.255 e. The van der Waals surface area contributed by atoms with Gasteiger partial charge in [0.15, 0.2) is 0 Å². The van der Waals surface area contributed by atoms with E-state index in [4.69, 9.17) is 22.1 Å². The molecule has 7 heteroatoms. The van der Waals surface area contributed by atoms with Gasteiger partial charge in [0.05, 0.1) is 6.10 Å². The second kappa shape index (κ2) is 5.39. The highest BCUT2D eigenvalue weighted by atomic mass is 35.5. The lowest BCUT2D eigenvalue weighted by molar-refractivity contribution is -0.126. The molecule has 2 rings (SSSR count). The number of carbonyl (C=O) groups is 1. The van der Waals surface area contributed by atoms with Crippen molar-refractivity contribution in [3.63, 3.8) is 0 Å². The third kappa shape index (κ3) is 3.12. The van der Waals surface area contributed by atoms with Crippen LogP contribution in [0, 0.1) is 0 Å². The third-order valence-corrected chi connectivity index (χ3v) is 2.73. The van der Waals surface area contributed by atoms with Crippen molar-refractivity contribution in [3.05, 3.63) is 17.4 Å². The maximum atomic E-state index is 11.8. The van der Waals surface area contributed by atoms with Gasteiger partial charge in [-0.25, -0.2) is 9.97 Å². The number of amides is 1. The van der Waals surface area contributed by atoms with E-state index in [2.05, 4.69) is 15.3 Å². The number of hydrogen-bond donors (Lipinski definition) is 2. The standard InChI is InChI=1S/C10H13ClN4O2/c11-8-3-4-13-10(14-8)15-9(16)7-2-1-6(5-12)17-7/h3-4,6-7H,1-2,5,12H2,(H,13,14,15,16). The molecule has 1 saturated heterocycles. The summed E-state index contributed by atoms with van der Waals surface area (Å²) in [4.78, 5) is 19.5. The summed E-state index contributed by atoms with van der Waals surface area (Å²) in [6, 6.07) is 1.54. The van der Waals surface area contributed by atoms with Crippen LogP contribution in [0.15, 0.2) is 12.3 Å². The molecule has 1 aliphatic heterocycles. The number of rotatable bonds is 3. The molecular formula is C10H13ClN4O2. The van der Waals surface area contributed by atoms with E-state index >= 15 is 0 Å². The Morgan fingerprint density at radius 2 is 2.47 bits per heavy atom. The minimum absolute atomic E-state index is 0.0361. The van der Waals surface area contributed by atoms with Crippen LogP contribution in [0.25, 0.3) is 0 Å². The zero-order valence-corrected chi connectivity index (χ0v) is 9.85. The van der Waals surface area contributed by atoms with Gasteiger partial charge in [-0.2, -0.15) is 0 Å². The quantitative estimate of drug-likeness (QED) is 0.772. The first-order chi connectivity index (χ1) is 8.19. The molecule has 1 amide bonds. The van der Waals surface area contributed by atoms with Crippen LogP contribution in [0.3, 0.4) is 0 Å². The van der Waals surface area contributed by atoms with E-state index in [0.29, 0.717) is 13.0 Å². The Balaban J connectivity index is 1.93. The van der Waals surface area contributed by atoms with Crippen LogP contribution >= 0.6 is 11.6 Å². The molecule has 0 saturated carbocycles. The summed E-state index contributed by atoms with van der Waals surface area (Å²) >= 11 is 5.68. The monoisotopic (exact) mass is 256 g/mol. The van der Waals surface area contributed by atoms with Crippen molar-refractivity contribution in [2.24, 2.45) is 5.73 Å². The van der Waals surface area contributed by atoms with Crippen molar-refractivity contribution in [1.29, 1.82) is 0 Å². The molecule has 0 spiro atoms. The summed E-state index contributed by atoms with van der Waals surface area (Å²) in [5.74, 6) is -0.0782. The van der Waals surface area contributed by atoms with E-state index in [1.807, 2.05) is 0 Å². The molecule has 0 bridgehead atoms. The number of aromatic nitrogens is 2. The van der Waals surface area contributed by atoms with Crippen molar-refractivity contribution in [1.82, 2.24) is 9.97 Å². The molecule has 1 aliphatic rings. The summed E-state index contributed by atoms with van der Waals surface area (Å²) in [7, 11) is 0. The first-order valence-corrected chi connectivity index (χ1v) is 5.72. The number of hydrogen-bond acceptors (Lipinski definition) is 5. The Kier molecular flexibility index (Phi) is 3.88. The van der Waals surface area contributed by atoms with Gasteiger partial charge in [-0.3, -0.25) is 10.1 Å². The van der Waals surface area contributed by atoms with Gasteiger partial charge in [-0.1, -0.05) is 11.6 Å². The van der Waals surface area contributed by atoms with Gasteiger partial charge in [-0.05, 0) is 18.9 Å². The number of anilines is 1. The Morgan fingerprint density at radius 3 is 3.12 bits per heavy atom. The molecule has 2 heterocycles. The van der Waals surface area contributed by atoms with Gasteiger partial charge >= 0.3 is 0 Å². The van der Waals surface area contributed by atoms with Crippen LogP contribution in [-0.4, -0.2) is 34.6 Å². The lowest BCUT2D eigenvalue weighted by Crippen LogP contribution is -2.30. The summed E-state index contributed by atoms with van der Waals surface area (Å²) < 4.78 is 5.45. The van der Waals surface area contributed by atoms with Crippen molar-refractivity contribution in [3.8, 4) is 0 Å². The zero-order valence-electron chi connectivity index (χ0n) is 9.10. The highest BCUT2D eigenvalue weighted by Crippen LogP contribution is 2.19. The number of ether oxygens (including phenoxy) is 1. The molecule has 0 radical (unpaired) electrons. The molecule has 6 nitrogen and oxygen atoms in total. The van der Waals surface area contributed by atoms with Gasteiger partial charge in [0.2, 0.25) is 5.95 Å². The fourth-order valence-electron chi connectivity index (χ4n) is 1.66. The molecular weight excluding hydrogens is 244 g/mol. The van der Waals surface area contributed by atoms with Crippen LogP contribution in [0.1, 0.15) is 12.8 Å².